The number of benzene rings is 1. The van der Waals surface area contributed by atoms with Gasteiger partial charge in [-0.25, -0.2) is 0 Å². The summed E-state index contributed by atoms with van der Waals surface area (Å²) in [6.45, 7) is 4.75. The van der Waals surface area contributed by atoms with Gasteiger partial charge in [-0.2, -0.15) is 0 Å². The third-order valence-corrected chi connectivity index (χ3v) is 4.63. The molecule has 1 N–H and O–H groups in total. The first-order valence-electron chi connectivity index (χ1n) is 7.60. The van der Waals surface area contributed by atoms with Crippen LogP contribution in [0.1, 0.15) is 30.6 Å². The van der Waals surface area contributed by atoms with E-state index < -0.39 is 11.2 Å². The fourth-order valence-electron chi connectivity index (χ4n) is 2.27. The van der Waals surface area contributed by atoms with E-state index in [4.69, 9.17) is 0 Å². The normalized spacial score (nSPS) is 19.4. The predicted molar refractivity (Wildman–Crippen MR) is 90.8 cm³/mol. The molecule has 1 unspecified atom stereocenters. The molecule has 1 aliphatic heterocycles. The minimum atomic E-state index is -1.32. The lowest BCUT2D eigenvalue weighted by atomic mass is 10.2. The summed E-state index contributed by atoms with van der Waals surface area (Å²) in [6.07, 6.45) is 0.0766. The number of nitrogens with one attached hydrogen (secondary N) is 1. The number of hydrogen-bond donors (Lipinski definition) is 1. The first kappa shape index (κ1) is 18.0. The van der Waals surface area contributed by atoms with Gasteiger partial charge in [0.25, 0.3) is 0 Å². The molecule has 24 heavy (non-hydrogen) atoms. The number of carbonyl (C=O) groups is 3. The number of amides is 2. The Labute approximate surface area is 144 Å². The molecule has 0 saturated carbocycles. The molecule has 1 aromatic rings. The molecular weight excluding hydrogens is 330 g/mol. The molecule has 7 nitrogen and oxygen atoms in total. The zero-order chi connectivity index (χ0) is 17.7. The Morgan fingerprint density at radius 2 is 2.17 bits per heavy atom. The number of aliphatic imine (C=N–C) groups is 1. The van der Waals surface area contributed by atoms with Crippen molar-refractivity contribution in [1.29, 1.82) is 0 Å². The third-order valence-electron chi connectivity index (χ3n) is 3.41. The summed E-state index contributed by atoms with van der Waals surface area (Å²) in [6, 6.07) is 5.80. The maximum absolute atomic E-state index is 12.4. The van der Waals surface area contributed by atoms with E-state index in [9.17, 15) is 19.5 Å². The zero-order valence-corrected chi connectivity index (χ0v) is 14.3. The predicted octanol–water partition coefficient (Wildman–Crippen LogP) is 0.718. The van der Waals surface area contributed by atoms with E-state index in [1.54, 1.807) is 11.0 Å². The molecule has 0 aliphatic carbocycles. The SMILES string of the molecule is CCN=C1SC(C(=O)Nc2cccc(C(=O)[O-])c2)CC(=O)N1CC. The standard InChI is InChI=1S/C16H19N3O4S/c1-3-17-16-19(4-2)13(20)9-12(24-16)14(21)18-11-7-5-6-10(8-11)15(22)23/h5-8,12H,3-4,9H2,1-2H3,(H,18,21)(H,22,23)/p-1. The maximum atomic E-state index is 12.4. The molecule has 0 aromatic heterocycles. The molecule has 0 bridgehead atoms. The van der Waals surface area contributed by atoms with E-state index in [0.29, 0.717) is 23.9 Å². The van der Waals surface area contributed by atoms with Gasteiger partial charge in [0.1, 0.15) is 5.25 Å². The van der Waals surface area contributed by atoms with Gasteiger partial charge in [-0.1, -0.05) is 23.9 Å². The van der Waals surface area contributed by atoms with Crippen LogP contribution in [0.2, 0.25) is 0 Å². The lowest BCUT2D eigenvalue weighted by Crippen LogP contribution is -2.45. The zero-order valence-electron chi connectivity index (χ0n) is 13.4. The van der Waals surface area contributed by atoms with Crippen LogP contribution in [-0.4, -0.2) is 46.2 Å². The second kappa shape index (κ2) is 7.96. The molecule has 1 atom stereocenters. The highest BCUT2D eigenvalue weighted by Gasteiger charge is 2.34. The first-order valence-corrected chi connectivity index (χ1v) is 8.48. The summed E-state index contributed by atoms with van der Waals surface area (Å²) in [4.78, 5) is 41.3. The van der Waals surface area contributed by atoms with Gasteiger partial charge in [-0.3, -0.25) is 19.5 Å². The second-order valence-electron chi connectivity index (χ2n) is 5.06. The van der Waals surface area contributed by atoms with Crippen molar-refractivity contribution in [1.82, 2.24) is 4.90 Å². The average Bonchev–Trinajstić information content (AvgIpc) is 2.55. The molecule has 1 aliphatic rings. The summed E-state index contributed by atoms with van der Waals surface area (Å²) < 4.78 is 0. The van der Waals surface area contributed by atoms with E-state index >= 15 is 0 Å². The number of thioether (sulfide) groups is 1. The summed E-state index contributed by atoms with van der Waals surface area (Å²) in [7, 11) is 0. The highest BCUT2D eigenvalue weighted by atomic mass is 32.2. The van der Waals surface area contributed by atoms with Crippen molar-refractivity contribution in [3.05, 3.63) is 29.8 Å². The molecule has 1 saturated heterocycles. The van der Waals surface area contributed by atoms with Crippen LogP contribution in [0.3, 0.4) is 0 Å². The maximum Gasteiger partial charge on any atom is 0.238 e. The lowest BCUT2D eigenvalue weighted by Gasteiger charge is -2.30. The van der Waals surface area contributed by atoms with Crippen LogP contribution < -0.4 is 10.4 Å². The Balaban J connectivity index is 2.12. The van der Waals surface area contributed by atoms with Crippen molar-refractivity contribution in [2.45, 2.75) is 25.5 Å². The number of carbonyl (C=O) groups excluding carboxylic acids is 3. The average molecular weight is 348 g/mol. The smallest absolute Gasteiger partial charge is 0.238 e. The minimum absolute atomic E-state index is 0.0226. The second-order valence-corrected chi connectivity index (χ2v) is 6.23. The first-order chi connectivity index (χ1) is 11.5. The quantitative estimate of drug-likeness (QED) is 0.845. The topological polar surface area (TPSA) is 102 Å². The Kier molecular flexibility index (Phi) is 5.97. The molecule has 1 fully saturated rings. The van der Waals surface area contributed by atoms with E-state index in [1.807, 2.05) is 13.8 Å². The molecule has 1 aromatic carbocycles. The Hall–Kier alpha value is -2.35. The fraction of sp³-hybridized carbons (Fsp3) is 0.375. The molecule has 128 valence electrons. The molecule has 1 heterocycles. The van der Waals surface area contributed by atoms with Crippen molar-refractivity contribution in [2.75, 3.05) is 18.4 Å². The fourth-order valence-corrected chi connectivity index (χ4v) is 3.48. The highest BCUT2D eigenvalue weighted by molar-refractivity contribution is 8.15. The summed E-state index contributed by atoms with van der Waals surface area (Å²) >= 11 is 1.24. The Morgan fingerprint density at radius 1 is 1.42 bits per heavy atom. The van der Waals surface area contributed by atoms with Crippen LogP contribution in [0.15, 0.2) is 29.3 Å². The van der Waals surface area contributed by atoms with Gasteiger partial charge < -0.3 is 15.2 Å². The van der Waals surface area contributed by atoms with Crippen LogP contribution >= 0.6 is 11.8 Å². The largest absolute Gasteiger partial charge is 0.545 e. The Morgan fingerprint density at radius 3 is 2.79 bits per heavy atom. The number of nitrogens with zero attached hydrogens (tertiary/aromatic N) is 2. The van der Waals surface area contributed by atoms with Gasteiger partial charge in [-0.05, 0) is 31.5 Å². The number of carboxylic acids is 1. The number of amidine groups is 1. The van der Waals surface area contributed by atoms with Gasteiger partial charge in [0.05, 0.1) is 5.97 Å². The molecule has 2 rings (SSSR count). The molecule has 8 heteroatoms. The van der Waals surface area contributed by atoms with Crippen LogP contribution in [-0.2, 0) is 9.59 Å². The minimum Gasteiger partial charge on any atom is -0.545 e. The van der Waals surface area contributed by atoms with Crippen molar-refractivity contribution < 1.29 is 19.5 Å². The number of aromatic carboxylic acids is 1. The summed E-state index contributed by atoms with van der Waals surface area (Å²) in [5.74, 6) is -1.82. The Bertz CT molecular complexity index is 690. The van der Waals surface area contributed by atoms with E-state index in [-0.39, 0.29) is 23.8 Å². The van der Waals surface area contributed by atoms with Gasteiger partial charge in [0.2, 0.25) is 11.8 Å². The van der Waals surface area contributed by atoms with Gasteiger partial charge >= 0.3 is 0 Å². The monoisotopic (exact) mass is 348 g/mol. The number of anilines is 1. The van der Waals surface area contributed by atoms with Crippen molar-refractivity contribution in [3.63, 3.8) is 0 Å². The van der Waals surface area contributed by atoms with Crippen LogP contribution in [0.25, 0.3) is 0 Å². The van der Waals surface area contributed by atoms with E-state index in [1.165, 1.54) is 30.0 Å². The van der Waals surface area contributed by atoms with Gasteiger partial charge in [0, 0.05) is 25.2 Å². The summed E-state index contributed by atoms with van der Waals surface area (Å²) in [5, 5.41) is 13.5. The lowest BCUT2D eigenvalue weighted by molar-refractivity contribution is -0.255. The highest BCUT2D eigenvalue weighted by Crippen LogP contribution is 2.27. The number of carboxylic acid groups (broad SMARTS) is 1. The van der Waals surface area contributed by atoms with E-state index in [2.05, 4.69) is 10.3 Å². The number of hydrogen-bond acceptors (Lipinski definition) is 6. The summed E-state index contributed by atoms with van der Waals surface area (Å²) in [5.41, 5.74) is 0.326. The van der Waals surface area contributed by atoms with Crippen molar-refractivity contribution >= 4 is 40.4 Å². The molecule has 0 radical (unpaired) electrons. The van der Waals surface area contributed by atoms with Crippen LogP contribution in [0.5, 0.6) is 0 Å². The number of rotatable bonds is 5. The van der Waals surface area contributed by atoms with Gasteiger partial charge in [0.15, 0.2) is 5.17 Å². The van der Waals surface area contributed by atoms with E-state index in [0.717, 1.165) is 0 Å². The van der Waals surface area contributed by atoms with Crippen molar-refractivity contribution in [3.8, 4) is 0 Å². The molecular formula is C16H18N3O4S-. The van der Waals surface area contributed by atoms with Crippen LogP contribution in [0, 0.1) is 0 Å². The molecule has 2 amide bonds. The molecule has 0 spiro atoms. The third kappa shape index (κ3) is 4.14. The van der Waals surface area contributed by atoms with Gasteiger partial charge in [-0.15, -0.1) is 0 Å². The van der Waals surface area contributed by atoms with Crippen molar-refractivity contribution in [2.24, 2.45) is 4.99 Å². The van der Waals surface area contributed by atoms with Crippen LogP contribution in [0.4, 0.5) is 5.69 Å².